The molecule has 2 heterocycles. The number of amides is 1. The number of anilines is 2. The van der Waals surface area contributed by atoms with Crippen molar-refractivity contribution >= 4 is 39.9 Å². The Bertz CT molecular complexity index is 1050. The summed E-state index contributed by atoms with van der Waals surface area (Å²) in [6.07, 6.45) is 3.41. The van der Waals surface area contributed by atoms with Crippen LogP contribution in [0.15, 0.2) is 61.3 Å². The number of aromatic nitrogens is 2. The molecule has 6 nitrogen and oxygen atoms in total. The first kappa shape index (κ1) is 19.4. The molecule has 1 aromatic heterocycles. The summed E-state index contributed by atoms with van der Waals surface area (Å²) in [5.74, 6) is -0.308. The second-order valence-corrected chi connectivity index (χ2v) is 7.32. The Balaban J connectivity index is 1.56. The fourth-order valence-corrected chi connectivity index (χ4v) is 3.82. The third-order valence-electron chi connectivity index (χ3n) is 4.99. The molecule has 1 amide bonds. The van der Waals surface area contributed by atoms with Gasteiger partial charge in [0.25, 0.3) is 5.91 Å². The summed E-state index contributed by atoms with van der Waals surface area (Å²) >= 11 is 6.52. The van der Waals surface area contributed by atoms with Crippen molar-refractivity contribution in [1.82, 2.24) is 14.9 Å². The summed E-state index contributed by atoms with van der Waals surface area (Å²) in [5, 5.41) is 3.58. The number of nitrogens with zero attached hydrogens (tertiary/aromatic N) is 4. The molecular weight excluding hydrogens is 386 g/mol. The van der Waals surface area contributed by atoms with Gasteiger partial charge in [-0.15, -0.1) is 6.58 Å². The lowest BCUT2D eigenvalue weighted by Gasteiger charge is -2.36. The van der Waals surface area contributed by atoms with Crippen LogP contribution in [-0.2, 0) is 0 Å². The van der Waals surface area contributed by atoms with Gasteiger partial charge < -0.3 is 10.2 Å². The SMILES string of the molecule is C=CCN1CCN(c2c(Cl)cccc2NC(=O)c2cnc3ccccc3n2)CC1. The van der Waals surface area contributed by atoms with Crippen molar-refractivity contribution in [3.8, 4) is 0 Å². The van der Waals surface area contributed by atoms with E-state index in [1.54, 1.807) is 0 Å². The normalized spacial score (nSPS) is 14.7. The number of piperazine rings is 1. The second kappa shape index (κ2) is 8.59. The molecule has 0 bridgehead atoms. The number of rotatable bonds is 5. The Hall–Kier alpha value is -2.96. The number of nitrogens with one attached hydrogen (secondary N) is 1. The quantitative estimate of drug-likeness (QED) is 0.651. The maximum Gasteiger partial charge on any atom is 0.275 e. The lowest BCUT2D eigenvalue weighted by molar-refractivity contribution is 0.102. The van der Waals surface area contributed by atoms with Gasteiger partial charge in [0.1, 0.15) is 5.69 Å². The maximum absolute atomic E-state index is 12.8. The molecule has 0 aliphatic carbocycles. The molecule has 2 aromatic carbocycles. The highest BCUT2D eigenvalue weighted by Crippen LogP contribution is 2.34. The van der Waals surface area contributed by atoms with Crippen LogP contribution >= 0.6 is 11.6 Å². The smallest absolute Gasteiger partial charge is 0.275 e. The highest BCUT2D eigenvalue weighted by Gasteiger charge is 2.22. The van der Waals surface area contributed by atoms with E-state index in [0.717, 1.165) is 43.9 Å². The summed E-state index contributed by atoms with van der Waals surface area (Å²) in [5.41, 5.74) is 3.23. The number of fused-ring (bicyclic) bond motifs is 1. The van der Waals surface area contributed by atoms with Gasteiger partial charge >= 0.3 is 0 Å². The maximum atomic E-state index is 12.8. The fraction of sp³-hybridized carbons (Fsp3) is 0.227. The summed E-state index contributed by atoms with van der Waals surface area (Å²) in [7, 11) is 0. The van der Waals surface area contributed by atoms with Crippen LogP contribution in [0.3, 0.4) is 0 Å². The molecule has 1 saturated heterocycles. The molecule has 4 rings (SSSR count). The molecule has 1 N–H and O–H groups in total. The minimum atomic E-state index is -0.308. The van der Waals surface area contributed by atoms with Gasteiger partial charge in [-0.05, 0) is 24.3 Å². The zero-order valence-corrected chi connectivity index (χ0v) is 16.8. The van der Waals surface area contributed by atoms with Crippen LogP contribution in [-0.4, -0.2) is 53.5 Å². The standard InChI is InChI=1S/C22H22ClN5O/c1-2-10-27-11-13-28(14-12-27)21-16(23)6-5-9-19(21)26-22(29)20-15-24-17-7-3-4-8-18(17)25-20/h2-9,15H,1,10-14H2,(H,26,29). The highest BCUT2D eigenvalue weighted by atomic mass is 35.5. The minimum Gasteiger partial charge on any atom is -0.366 e. The van der Waals surface area contributed by atoms with Crippen LogP contribution in [0.1, 0.15) is 10.5 Å². The van der Waals surface area contributed by atoms with Crippen molar-refractivity contribution in [2.24, 2.45) is 0 Å². The van der Waals surface area contributed by atoms with E-state index < -0.39 is 0 Å². The van der Waals surface area contributed by atoms with E-state index in [0.29, 0.717) is 16.2 Å². The predicted octanol–water partition coefficient (Wildman–Crippen LogP) is 3.84. The Labute approximate surface area is 174 Å². The van der Waals surface area contributed by atoms with E-state index in [1.165, 1.54) is 6.20 Å². The van der Waals surface area contributed by atoms with E-state index >= 15 is 0 Å². The molecule has 0 spiro atoms. The Morgan fingerprint density at radius 3 is 2.62 bits per heavy atom. The predicted molar refractivity (Wildman–Crippen MR) is 118 cm³/mol. The molecule has 29 heavy (non-hydrogen) atoms. The summed E-state index contributed by atoms with van der Waals surface area (Å²) < 4.78 is 0. The molecule has 1 aliphatic heterocycles. The lowest BCUT2D eigenvalue weighted by atomic mass is 10.2. The summed E-state index contributed by atoms with van der Waals surface area (Å²) in [4.78, 5) is 26.2. The number of halogens is 1. The number of hydrogen-bond acceptors (Lipinski definition) is 5. The third kappa shape index (κ3) is 4.23. The number of carbonyl (C=O) groups is 1. The van der Waals surface area contributed by atoms with Gasteiger partial charge in [-0.2, -0.15) is 0 Å². The van der Waals surface area contributed by atoms with E-state index in [-0.39, 0.29) is 11.6 Å². The first-order chi connectivity index (χ1) is 14.2. The van der Waals surface area contributed by atoms with Gasteiger partial charge in [0.15, 0.2) is 0 Å². The molecule has 0 unspecified atom stereocenters. The first-order valence-electron chi connectivity index (χ1n) is 9.55. The summed E-state index contributed by atoms with van der Waals surface area (Å²) in [6.45, 7) is 8.18. The second-order valence-electron chi connectivity index (χ2n) is 6.91. The molecule has 0 saturated carbocycles. The van der Waals surface area contributed by atoms with Crippen LogP contribution in [0.2, 0.25) is 5.02 Å². The van der Waals surface area contributed by atoms with Gasteiger partial charge in [0, 0.05) is 32.7 Å². The van der Waals surface area contributed by atoms with E-state index in [9.17, 15) is 4.79 Å². The van der Waals surface area contributed by atoms with E-state index in [1.807, 2.05) is 48.5 Å². The fourth-order valence-electron chi connectivity index (χ4n) is 3.53. The molecule has 1 fully saturated rings. The largest absolute Gasteiger partial charge is 0.366 e. The van der Waals surface area contributed by atoms with E-state index in [4.69, 9.17) is 11.6 Å². The summed E-state index contributed by atoms with van der Waals surface area (Å²) in [6, 6.07) is 13.0. The lowest BCUT2D eigenvalue weighted by Crippen LogP contribution is -2.46. The molecule has 0 atom stereocenters. The Kier molecular flexibility index (Phi) is 5.74. The van der Waals surface area contributed by atoms with Gasteiger partial charge in [0.05, 0.1) is 33.6 Å². The van der Waals surface area contributed by atoms with Gasteiger partial charge in [-0.25, -0.2) is 4.98 Å². The highest BCUT2D eigenvalue weighted by molar-refractivity contribution is 6.34. The monoisotopic (exact) mass is 407 g/mol. The molecule has 7 heteroatoms. The zero-order valence-electron chi connectivity index (χ0n) is 16.0. The van der Waals surface area contributed by atoms with Gasteiger partial charge in [-0.1, -0.05) is 35.9 Å². The Morgan fingerprint density at radius 1 is 1.10 bits per heavy atom. The van der Waals surface area contributed by atoms with Crippen molar-refractivity contribution in [2.75, 3.05) is 42.9 Å². The number of carbonyl (C=O) groups excluding carboxylic acids is 1. The van der Waals surface area contributed by atoms with Crippen LogP contribution in [0, 0.1) is 0 Å². The zero-order chi connectivity index (χ0) is 20.2. The van der Waals surface area contributed by atoms with Crippen molar-refractivity contribution in [1.29, 1.82) is 0 Å². The van der Waals surface area contributed by atoms with Crippen molar-refractivity contribution in [2.45, 2.75) is 0 Å². The number of hydrogen-bond donors (Lipinski definition) is 1. The first-order valence-corrected chi connectivity index (χ1v) is 9.93. The minimum absolute atomic E-state index is 0.269. The van der Waals surface area contributed by atoms with Crippen molar-refractivity contribution in [3.05, 3.63) is 72.0 Å². The molecule has 1 aliphatic rings. The third-order valence-corrected chi connectivity index (χ3v) is 5.30. The average Bonchev–Trinajstić information content (AvgIpc) is 2.74. The Morgan fingerprint density at radius 2 is 1.86 bits per heavy atom. The van der Waals surface area contributed by atoms with Gasteiger partial charge in [0.2, 0.25) is 0 Å². The van der Waals surface area contributed by atoms with Crippen molar-refractivity contribution in [3.63, 3.8) is 0 Å². The van der Waals surface area contributed by atoms with Crippen LogP contribution < -0.4 is 10.2 Å². The van der Waals surface area contributed by atoms with Crippen LogP contribution in [0.25, 0.3) is 11.0 Å². The topological polar surface area (TPSA) is 61.4 Å². The number of benzene rings is 2. The van der Waals surface area contributed by atoms with E-state index in [2.05, 4.69) is 31.7 Å². The van der Waals surface area contributed by atoms with Crippen LogP contribution in [0.5, 0.6) is 0 Å². The van der Waals surface area contributed by atoms with Crippen LogP contribution in [0.4, 0.5) is 11.4 Å². The average molecular weight is 408 g/mol. The van der Waals surface area contributed by atoms with Crippen molar-refractivity contribution < 1.29 is 4.79 Å². The molecule has 148 valence electrons. The number of para-hydroxylation sites is 3. The van der Waals surface area contributed by atoms with Gasteiger partial charge in [-0.3, -0.25) is 14.7 Å². The molecule has 3 aromatic rings. The molecular formula is C22H22ClN5O. The molecule has 0 radical (unpaired) electrons.